The third kappa shape index (κ3) is 1.88. The highest BCUT2D eigenvalue weighted by molar-refractivity contribution is 5.40. The summed E-state index contributed by atoms with van der Waals surface area (Å²) in [4.78, 5) is 8.00. The van der Waals surface area contributed by atoms with E-state index in [1.807, 2.05) is 19.1 Å². The van der Waals surface area contributed by atoms with Gasteiger partial charge in [0.15, 0.2) is 0 Å². The molecule has 0 amide bonds. The number of rotatable bonds is 3. The summed E-state index contributed by atoms with van der Waals surface area (Å²) in [5.41, 5.74) is 6.58. The Kier molecular flexibility index (Phi) is 2.49. The minimum absolute atomic E-state index is 0.358. The van der Waals surface area contributed by atoms with Crippen LogP contribution in [0.25, 0.3) is 5.69 Å². The molecule has 0 bridgehead atoms. The first-order chi connectivity index (χ1) is 7.31. The van der Waals surface area contributed by atoms with Crippen molar-refractivity contribution in [2.45, 2.75) is 6.92 Å². The molecule has 2 rings (SSSR count). The minimum Gasteiger partial charge on any atom is -0.368 e. The van der Waals surface area contributed by atoms with Gasteiger partial charge in [0, 0.05) is 18.9 Å². The number of nitrogen functional groups attached to an aromatic ring is 1. The summed E-state index contributed by atoms with van der Waals surface area (Å²) in [6.07, 6.45) is 3.37. The van der Waals surface area contributed by atoms with Crippen molar-refractivity contribution < 1.29 is 0 Å². The van der Waals surface area contributed by atoms with Crippen LogP contribution in [0.15, 0.2) is 24.5 Å². The van der Waals surface area contributed by atoms with E-state index in [9.17, 15) is 0 Å². The van der Waals surface area contributed by atoms with Crippen LogP contribution in [0.5, 0.6) is 0 Å². The minimum atomic E-state index is 0.358. The number of nitrogens with one attached hydrogen (secondary N) is 1. The van der Waals surface area contributed by atoms with Crippen LogP contribution in [-0.4, -0.2) is 26.3 Å². The SMILES string of the molecule is CCNc1nc(N)n(-c2ccncc2)n1. The fraction of sp³-hybridized carbons (Fsp3) is 0.222. The van der Waals surface area contributed by atoms with Gasteiger partial charge in [0.25, 0.3) is 0 Å². The maximum absolute atomic E-state index is 5.73. The molecular formula is C9H12N6. The van der Waals surface area contributed by atoms with E-state index in [1.54, 1.807) is 17.1 Å². The summed E-state index contributed by atoms with van der Waals surface area (Å²) in [5.74, 6) is 0.893. The fourth-order valence-electron chi connectivity index (χ4n) is 1.23. The van der Waals surface area contributed by atoms with Crippen LogP contribution >= 0.6 is 0 Å². The topological polar surface area (TPSA) is 81.6 Å². The van der Waals surface area contributed by atoms with E-state index in [2.05, 4.69) is 20.4 Å². The van der Waals surface area contributed by atoms with Gasteiger partial charge in [-0.1, -0.05) is 0 Å². The average molecular weight is 204 g/mol. The zero-order chi connectivity index (χ0) is 10.7. The zero-order valence-corrected chi connectivity index (χ0v) is 8.38. The van der Waals surface area contributed by atoms with E-state index in [0.717, 1.165) is 12.2 Å². The Labute approximate surface area is 87.2 Å². The average Bonchev–Trinajstić information content (AvgIpc) is 2.61. The first-order valence-electron chi connectivity index (χ1n) is 4.68. The van der Waals surface area contributed by atoms with Crippen LogP contribution < -0.4 is 11.1 Å². The van der Waals surface area contributed by atoms with Gasteiger partial charge in [-0.05, 0) is 19.1 Å². The smallest absolute Gasteiger partial charge is 0.244 e. The predicted molar refractivity (Wildman–Crippen MR) is 57.7 cm³/mol. The molecule has 2 aromatic rings. The maximum atomic E-state index is 5.73. The second-order valence-electron chi connectivity index (χ2n) is 2.94. The van der Waals surface area contributed by atoms with Crippen molar-refractivity contribution in [3.05, 3.63) is 24.5 Å². The molecule has 0 radical (unpaired) electrons. The molecule has 6 heteroatoms. The van der Waals surface area contributed by atoms with Gasteiger partial charge in [0.05, 0.1) is 5.69 Å². The van der Waals surface area contributed by atoms with Crippen molar-refractivity contribution >= 4 is 11.9 Å². The van der Waals surface area contributed by atoms with Crippen molar-refractivity contribution in [3.63, 3.8) is 0 Å². The lowest BCUT2D eigenvalue weighted by Crippen LogP contribution is -2.02. The largest absolute Gasteiger partial charge is 0.368 e. The third-order valence-corrected chi connectivity index (χ3v) is 1.87. The monoisotopic (exact) mass is 204 g/mol. The maximum Gasteiger partial charge on any atom is 0.244 e. The lowest BCUT2D eigenvalue weighted by molar-refractivity contribution is 0.886. The van der Waals surface area contributed by atoms with Gasteiger partial charge in [-0.3, -0.25) is 4.98 Å². The zero-order valence-electron chi connectivity index (χ0n) is 8.38. The van der Waals surface area contributed by atoms with Crippen LogP contribution in [0, 0.1) is 0 Å². The molecule has 0 saturated carbocycles. The van der Waals surface area contributed by atoms with Crippen molar-refractivity contribution in [1.82, 2.24) is 19.7 Å². The molecule has 0 aliphatic carbocycles. The first-order valence-corrected chi connectivity index (χ1v) is 4.68. The lowest BCUT2D eigenvalue weighted by atomic mass is 10.4. The van der Waals surface area contributed by atoms with Crippen molar-refractivity contribution in [2.75, 3.05) is 17.6 Å². The van der Waals surface area contributed by atoms with E-state index < -0.39 is 0 Å². The summed E-state index contributed by atoms with van der Waals surface area (Å²) in [5, 5.41) is 7.21. The number of pyridine rings is 1. The normalized spacial score (nSPS) is 10.2. The van der Waals surface area contributed by atoms with E-state index >= 15 is 0 Å². The summed E-state index contributed by atoms with van der Waals surface area (Å²) >= 11 is 0. The van der Waals surface area contributed by atoms with Crippen LogP contribution in [0.3, 0.4) is 0 Å². The summed E-state index contributed by atoms with van der Waals surface area (Å²) in [7, 11) is 0. The molecule has 0 aromatic carbocycles. The first kappa shape index (κ1) is 9.45. The standard InChI is InChI=1S/C9H12N6/c1-2-12-9-13-8(10)15(14-9)7-3-5-11-6-4-7/h3-6H,2H2,1H3,(H3,10,12,13,14). The van der Waals surface area contributed by atoms with Crippen LogP contribution in [0.1, 0.15) is 6.92 Å². The van der Waals surface area contributed by atoms with Gasteiger partial charge >= 0.3 is 0 Å². The van der Waals surface area contributed by atoms with Crippen LogP contribution in [0.4, 0.5) is 11.9 Å². The molecule has 2 aromatic heterocycles. The number of nitrogens with zero attached hydrogens (tertiary/aromatic N) is 4. The lowest BCUT2D eigenvalue weighted by Gasteiger charge is -2.00. The Morgan fingerprint density at radius 3 is 2.80 bits per heavy atom. The van der Waals surface area contributed by atoms with Gasteiger partial charge in [-0.25, -0.2) is 0 Å². The van der Waals surface area contributed by atoms with E-state index in [1.165, 1.54) is 0 Å². The molecule has 0 atom stereocenters. The van der Waals surface area contributed by atoms with Crippen molar-refractivity contribution in [3.8, 4) is 5.69 Å². The van der Waals surface area contributed by atoms with E-state index in [0.29, 0.717) is 11.9 Å². The molecule has 6 nitrogen and oxygen atoms in total. The summed E-state index contributed by atoms with van der Waals surface area (Å²) in [6.45, 7) is 2.74. The fourth-order valence-corrected chi connectivity index (χ4v) is 1.23. The molecule has 3 N–H and O–H groups in total. The predicted octanol–water partition coefficient (Wildman–Crippen LogP) is 0.676. The third-order valence-electron chi connectivity index (χ3n) is 1.87. The number of aromatic nitrogens is 4. The molecule has 0 fully saturated rings. The molecule has 0 unspecified atom stereocenters. The highest BCUT2D eigenvalue weighted by Gasteiger charge is 2.06. The molecule has 0 aliphatic heterocycles. The van der Waals surface area contributed by atoms with Crippen molar-refractivity contribution in [1.29, 1.82) is 0 Å². The van der Waals surface area contributed by atoms with Gasteiger partial charge in [-0.2, -0.15) is 9.67 Å². The molecule has 78 valence electrons. The van der Waals surface area contributed by atoms with Gasteiger partial charge < -0.3 is 11.1 Å². The summed E-state index contributed by atoms with van der Waals surface area (Å²) < 4.78 is 1.57. The highest BCUT2D eigenvalue weighted by Crippen LogP contribution is 2.11. The molecule has 0 aliphatic rings. The van der Waals surface area contributed by atoms with Crippen molar-refractivity contribution in [2.24, 2.45) is 0 Å². The Morgan fingerprint density at radius 1 is 1.40 bits per heavy atom. The van der Waals surface area contributed by atoms with Gasteiger partial charge in [0.1, 0.15) is 0 Å². The molecule has 2 heterocycles. The highest BCUT2D eigenvalue weighted by atomic mass is 15.4. The van der Waals surface area contributed by atoms with Gasteiger partial charge in [0.2, 0.25) is 11.9 Å². The Morgan fingerprint density at radius 2 is 2.13 bits per heavy atom. The molecule has 0 spiro atoms. The van der Waals surface area contributed by atoms with Crippen LogP contribution in [0.2, 0.25) is 0 Å². The Bertz CT molecular complexity index is 435. The second-order valence-corrected chi connectivity index (χ2v) is 2.94. The van der Waals surface area contributed by atoms with Gasteiger partial charge in [-0.15, -0.1) is 5.10 Å². The van der Waals surface area contributed by atoms with E-state index in [4.69, 9.17) is 5.73 Å². The second kappa shape index (κ2) is 3.95. The molecule has 0 saturated heterocycles. The number of hydrogen-bond acceptors (Lipinski definition) is 5. The Hall–Kier alpha value is -2.11. The molecular weight excluding hydrogens is 192 g/mol. The summed E-state index contributed by atoms with van der Waals surface area (Å²) in [6, 6.07) is 3.64. The molecule has 15 heavy (non-hydrogen) atoms. The van der Waals surface area contributed by atoms with Crippen LogP contribution in [-0.2, 0) is 0 Å². The number of anilines is 2. The number of hydrogen-bond donors (Lipinski definition) is 2. The quantitative estimate of drug-likeness (QED) is 0.768. The Balaban J connectivity index is 2.36. The number of nitrogens with two attached hydrogens (primary N) is 1. The van der Waals surface area contributed by atoms with E-state index in [-0.39, 0.29) is 0 Å².